The quantitative estimate of drug-likeness (QED) is 0.844. The van der Waals surface area contributed by atoms with Crippen molar-refractivity contribution in [3.8, 4) is 0 Å². The highest BCUT2D eigenvalue weighted by Gasteiger charge is 2.28. The summed E-state index contributed by atoms with van der Waals surface area (Å²) in [6, 6.07) is 8.92. The monoisotopic (exact) mass is 315 g/mol. The van der Waals surface area contributed by atoms with Gasteiger partial charge in [0.25, 0.3) is 0 Å². The van der Waals surface area contributed by atoms with Crippen molar-refractivity contribution >= 4 is 22.5 Å². The van der Waals surface area contributed by atoms with Crippen LogP contribution in [-0.4, -0.2) is 47.0 Å². The predicted molar refractivity (Wildman–Crippen MR) is 91.2 cm³/mol. The first-order valence-electron chi connectivity index (χ1n) is 8.29. The first-order valence-corrected chi connectivity index (χ1v) is 8.67. The van der Waals surface area contributed by atoms with Crippen molar-refractivity contribution in [2.75, 3.05) is 26.2 Å². The first-order chi connectivity index (χ1) is 10.8. The van der Waals surface area contributed by atoms with Gasteiger partial charge in [-0.2, -0.15) is 0 Å². The summed E-state index contributed by atoms with van der Waals surface area (Å²) < 4.78 is 0. The highest BCUT2D eigenvalue weighted by Crippen LogP contribution is 2.26. The van der Waals surface area contributed by atoms with Gasteiger partial charge in [0, 0.05) is 35.7 Å². The average molecular weight is 316 g/mol. The van der Waals surface area contributed by atoms with Crippen molar-refractivity contribution in [2.24, 2.45) is 0 Å². The summed E-state index contributed by atoms with van der Waals surface area (Å²) in [4.78, 5) is 9.85. The molecule has 0 amide bonds. The third-order valence-corrected chi connectivity index (χ3v) is 5.25. The van der Waals surface area contributed by atoms with Crippen LogP contribution in [0.3, 0.4) is 0 Å². The van der Waals surface area contributed by atoms with E-state index in [1.165, 1.54) is 51.0 Å². The smallest absolute Gasteiger partial charge is 0.0747 e. The minimum Gasteiger partial charge on any atom is -0.299 e. The van der Waals surface area contributed by atoms with Gasteiger partial charge in [0.05, 0.1) is 5.52 Å². The minimum absolute atomic E-state index is 0.751. The van der Waals surface area contributed by atoms with Crippen LogP contribution in [-0.2, 0) is 6.54 Å². The molecule has 1 unspecified atom stereocenters. The van der Waals surface area contributed by atoms with Crippen LogP contribution in [0.2, 0.25) is 5.02 Å². The molecule has 2 aromatic rings. The van der Waals surface area contributed by atoms with E-state index in [2.05, 4.69) is 26.9 Å². The number of rotatable bonds is 2. The Hall–Kier alpha value is -1.16. The second-order valence-electron chi connectivity index (χ2n) is 6.56. The maximum atomic E-state index is 6.31. The van der Waals surface area contributed by atoms with Crippen molar-refractivity contribution < 1.29 is 0 Å². The Morgan fingerprint density at radius 2 is 2.09 bits per heavy atom. The number of pyridine rings is 1. The van der Waals surface area contributed by atoms with Gasteiger partial charge in [-0.1, -0.05) is 17.7 Å². The van der Waals surface area contributed by atoms with Gasteiger partial charge in [0.15, 0.2) is 0 Å². The van der Waals surface area contributed by atoms with Gasteiger partial charge in [0.1, 0.15) is 0 Å². The lowest BCUT2D eigenvalue weighted by molar-refractivity contribution is 0.216. The van der Waals surface area contributed by atoms with Gasteiger partial charge in [0.2, 0.25) is 0 Å². The highest BCUT2D eigenvalue weighted by molar-refractivity contribution is 6.31. The fourth-order valence-electron chi connectivity index (χ4n) is 4.02. The summed E-state index contributed by atoms with van der Waals surface area (Å²) in [6.07, 6.45) is 5.86. The summed E-state index contributed by atoms with van der Waals surface area (Å²) in [5.41, 5.74) is 2.36. The molecule has 116 valence electrons. The van der Waals surface area contributed by atoms with Crippen molar-refractivity contribution in [1.29, 1.82) is 0 Å². The molecule has 4 heteroatoms. The van der Waals surface area contributed by atoms with Gasteiger partial charge < -0.3 is 0 Å². The van der Waals surface area contributed by atoms with E-state index in [1.54, 1.807) is 0 Å². The molecule has 0 N–H and O–H groups in total. The van der Waals surface area contributed by atoms with E-state index < -0.39 is 0 Å². The Morgan fingerprint density at radius 3 is 3.05 bits per heavy atom. The Morgan fingerprint density at radius 1 is 1.18 bits per heavy atom. The number of benzene rings is 1. The fraction of sp³-hybridized carbons (Fsp3) is 0.500. The number of nitrogens with zero attached hydrogens (tertiary/aromatic N) is 3. The van der Waals surface area contributed by atoms with Crippen molar-refractivity contribution in [3.63, 3.8) is 0 Å². The molecular weight excluding hydrogens is 294 g/mol. The van der Waals surface area contributed by atoms with E-state index in [9.17, 15) is 0 Å². The van der Waals surface area contributed by atoms with Gasteiger partial charge >= 0.3 is 0 Å². The van der Waals surface area contributed by atoms with Gasteiger partial charge in [-0.05, 0) is 62.7 Å². The third-order valence-electron chi connectivity index (χ3n) is 5.03. The predicted octanol–water partition coefficient (Wildman–Crippen LogP) is 3.56. The topological polar surface area (TPSA) is 19.4 Å². The Kier molecular flexibility index (Phi) is 4.03. The average Bonchev–Trinajstić information content (AvgIpc) is 2.86. The summed E-state index contributed by atoms with van der Waals surface area (Å²) in [5.74, 6) is 0. The van der Waals surface area contributed by atoms with Crippen LogP contribution in [0.25, 0.3) is 10.9 Å². The zero-order chi connectivity index (χ0) is 14.9. The largest absolute Gasteiger partial charge is 0.299 e. The van der Waals surface area contributed by atoms with Crippen LogP contribution in [0.1, 0.15) is 24.8 Å². The van der Waals surface area contributed by atoms with Crippen molar-refractivity contribution in [3.05, 3.63) is 41.0 Å². The second-order valence-corrected chi connectivity index (χ2v) is 7.00. The Labute approximate surface area is 136 Å². The Balaban J connectivity index is 1.60. The molecule has 3 heterocycles. The van der Waals surface area contributed by atoms with Crippen LogP contribution < -0.4 is 0 Å². The Bertz CT molecular complexity index is 672. The number of fused-ring (bicyclic) bond motifs is 2. The third kappa shape index (κ3) is 2.85. The molecule has 2 fully saturated rings. The summed E-state index contributed by atoms with van der Waals surface area (Å²) in [5, 5.41) is 1.95. The molecule has 2 aliphatic heterocycles. The molecule has 22 heavy (non-hydrogen) atoms. The van der Waals surface area contributed by atoms with E-state index in [-0.39, 0.29) is 0 Å². The molecular formula is C18H22ClN3. The lowest BCUT2D eigenvalue weighted by Gasteiger charge is -2.26. The summed E-state index contributed by atoms with van der Waals surface area (Å²) in [7, 11) is 0. The van der Waals surface area contributed by atoms with Crippen LogP contribution in [0.4, 0.5) is 0 Å². The molecule has 0 saturated carbocycles. The molecule has 0 radical (unpaired) electrons. The van der Waals surface area contributed by atoms with Crippen LogP contribution in [0, 0.1) is 0 Å². The zero-order valence-electron chi connectivity index (χ0n) is 12.8. The normalized spacial score (nSPS) is 23.6. The van der Waals surface area contributed by atoms with E-state index >= 15 is 0 Å². The fourth-order valence-corrected chi connectivity index (χ4v) is 4.26. The molecule has 2 aliphatic rings. The summed E-state index contributed by atoms with van der Waals surface area (Å²) >= 11 is 6.31. The lowest BCUT2D eigenvalue weighted by Crippen LogP contribution is -2.36. The van der Waals surface area contributed by atoms with Gasteiger partial charge in [-0.25, -0.2) is 0 Å². The van der Waals surface area contributed by atoms with Gasteiger partial charge in [-0.3, -0.25) is 14.8 Å². The minimum atomic E-state index is 0.751. The molecule has 0 spiro atoms. The van der Waals surface area contributed by atoms with E-state index in [1.807, 2.05) is 18.3 Å². The van der Waals surface area contributed by atoms with Crippen LogP contribution in [0.15, 0.2) is 30.5 Å². The maximum absolute atomic E-state index is 6.31. The molecule has 1 aromatic heterocycles. The highest BCUT2D eigenvalue weighted by atomic mass is 35.5. The zero-order valence-corrected chi connectivity index (χ0v) is 13.6. The van der Waals surface area contributed by atoms with Crippen LogP contribution >= 0.6 is 11.6 Å². The molecule has 0 aliphatic carbocycles. The standard InChI is InChI=1S/C18H22ClN3/c19-16-10-14-4-1-6-20-18(14)15(11-16)12-21-7-3-9-22-8-2-5-17(22)13-21/h1,4,6,10-11,17H,2-3,5,7-9,12-13H2. The molecule has 4 rings (SSSR count). The first kappa shape index (κ1) is 14.4. The lowest BCUT2D eigenvalue weighted by atomic mass is 10.1. The number of hydrogen-bond acceptors (Lipinski definition) is 3. The molecule has 1 atom stereocenters. The van der Waals surface area contributed by atoms with Crippen molar-refractivity contribution in [1.82, 2.24) is 14.8 Å². The van der Waals surface area contributed by atoms with E-state index in [4.69, 9.17) is 11.6 Å². The number of aromatic nitrogens is 1. The van der Waals surface area contributed by atoms with Gasteiger partial charge in [-0.15, -0.1) is 0 Å². The molecule has 0 bridgehead atoms. The number of halogens is 1. The molecule has 1 aromatic carbocycles. The number of hydrogen-bond donors (Lipinski definition) is 0. The SMILES string of the molecule is Clc1cc(CN2CCCN3CCCC3C2)c2ncccc2c1. The van der Waals surface area contributed by atoms with E-state index in [0.717, 1.165) is 28.5 Å². The van der Waals surface area contributed by atoms with E-state index in [0.29, 0.717) is 0 Å². The molecule has 2 saturated heterocycles. The van der Waals surface area contributed by atoms with Crippen molar-refractivity contribution in [2.45, 2.75) is 31.8 Å². The maximum Gasteiger partial charge on any atom is 0.0747 e. The molecule has 3 nitrogen and oxygen atoms in total. The van der Waals surface area contributed by atoms with Crippen LogP contribution in [0.5, 0.6) is 0 Å². The summed E-state index contributed by atoms with van der Waals surface area (Å²) in [6.45, 7) is 5.86. The second kappa shape index (κ2) is 6.15.